The Morgan fingerprint density at radius 2 is 1.75 bits per heavy atom. The zero-order valence-corrected chi connectivity index (χ0v) is 16.4. The van der Waals surface area contributed by atoms with Crippen LogP contribution in [0.15, 0.2) is 72.9 Å². The number of nitrogens with zero attached hydrogens (tertiary/aromatic N) is 2. The minimum Gasteiger partial charge on any atom is -0.496 e. The third kappa shape index (κ3) is 4.68. The number of carbonyl (C=O) groups excluding carboxylic acids is 1. The number of pyridine rings is 1. The number of aromatic nitrogens is 1. The topological polar surface area (TPSA) is 54.5 Å². The molecule has 0 fully saturated rings. The molecule has 2 aromatic carbocycles. The highest BCUT2D eigenvalue weighted by Gasteiger charge is 2.14. The van der Waals surface area contributed by atoms with Crippen LogP contribution in [0.5, 0.6) is 5.75 Å². The minimum absolute atomic E-state index is 0.247. The number of anilines is 2. The Labute approximate surface area is 166 Å². The lowest BCUT2D eigenvalue weighted by Gasteiger charge is -2.29. The van der Waals surface area contributed by atoms with E-state index in [1.807, 2.05) is 36.4 Å². The fourth-order valence-electron chi connectivity index (χ4n) is 3.00. The molecule has 1 amide bonds. The summed E-state index contributed by atoms with van der Waals surface area (Å²) in [6.07, 6.45) is 1.79. The first-order chi connectivity index (χ1) is 13.6. The van der Waals surface area contributed by atoms with Gasteiger partial charge in [0.1, 0.15) is 11.6 Å². The number of ether oxygens (including phenoxy) is 1. The SMILES string of the molecule is COc1ccccc1C(=O)Nc1ccc(N(Cc2ccccc2)C(C)C)cn1. The summed E-state index contributed by atoms with van der Waals surface area (Å²) in [6, 6.07) is 21.6. The predicted octanol–water partition coefficient (Wildman–Crippen LogP) is 4.76. The van der Waals surface area contributed by atoms with Gasteiger partial charge in [-0.3, -0.25) is 4.79 Å². The molecule has 3 rings (SSSR count). The summed E-state index contributed by atoms with van der Waals surface area (Å²) in [6.45, 7) is 5.10. The van der Waals surface area contributed by atoms with Crippen molar-refractivity contribution in [2.75, 3.05) is 17.3 Å². The van der Waals surface area contributed by atoms with E-state index in [-0.39, 0.29) is 5.91 Å². The first kappa shape index (κ1) is 19.4. The summed E-state index contributed by atoms with van der Waals surface area (Å²) >= 11 is 0. The van der Waals surface area contributed by atoms with Crippen molar-refractivity contribution in [1.29, 1.82) is 0 Å². The number of amides is 1. The van der Waals surface area contributed by atoms with Gasteiger partial charge in [0.05, 0.1) is 24.6 Å². The number of carbonyl (C=O) groups is 1. The molecular weight excluding hydrogens is 350 g/mol. The standard InChI is InChI=1S/C23H25N3O2/c1-17(2)26(16-18-9-5-4-6-10-18)19-13-14-22(24-15-19)25-23(27)20-11-7-8-12-21(20)28-3/h4-15,17H,16H2,1-3H3,(H,24,25,27). The van der Waals surface area contributed by atoms with Gasteiger partial charge in [0.25, 0.3) is 5.91 Å². The molecule has 0 aliphatic rings. The summed E-state index contributed by atoms with van der Waals surface area (Å²) in [7, 11) is 1.55. The first-order valence-electron chi connectivity index (χ1n) is 9.29. The van der Waals surface area contributed by atoms with Crippen LogP contribution in [0.4, 0.5) is 11.5 Å². The average molecular weight is 375 g/mol. The van der Waals surface area contributed by atoms with E-state index < -0.39 is 0 Å². The van der Waals surface area contributed by atoms with E-state index in [4.69, 9.17) is 4.74 Å². The third-order valence-electron chi connectivity index (χ3n) is 4.49. The number of rotatable bonds is 7. The highest BCUT2D eigenvalue weighted by atomic mass is 16.5. The predicted molar refractivity (Wildman–Crippen MR) is 113 cm³/mol. The van der Waals surface area contributed by atoms with E-state index in [0.29, 0.717) is 23.2 Å². The lowest BCUT2D eigenvalue weighted by molar-refractivity contribution is 0.102. The van der Waals surface area contributed by atoms with Gasteiger partial charge in [-0.1, -0.05) is 42.5 Å². The zero-order chi connectivity index (χ0) is 19.9. The third-order valence-corrected chi connectivity index (χ3v) is 4.49. The van der Waals surface area contributed by atoms with Crippen LogP contribution in [0.25, 0.3) is 0 Å². The number of para-hydroxylation sites is 1. The Morgan fingerprint density at radius 1 is 1.04 bits per heavy atom. The minimum atomic E-state index is -0.247. The second-order valence-corrected chi connectivity index (χ2v) is 6.76. The maximum Gasteiger partial charge on any atom is 0.260 e. The van der Waals surface area contributed by atoms with E-state index in [2.05, 4.69) is 41.2 Å². The van der Waals surface area contributed by atoms with Crippen LogP contribution in [-0.2, 0) is 6.54 Å². The summed E-state index contributed by atoms with van der Waals surface area (Å²) in [5.74, 6) is 0.788. The maximum absolute atomic E-state index is 12.5. The van der Waals surface area contributed by atoms with Gasteiger partial charge < -0.3 is 15.0 Å². The molecule has 0 spiro atoms. The van der Waals surface area contributed by atoms with Crippen molar-refractivity contribution in [3.05, 3.63) is 84.1 Å². The Hall–Kier alpha value is -3.34. The fraction of sp³-hybridized carbons (Fsp3) is 0.217. The van der Waals surface area contributed by atoms with Crippen molar-refractivity contribution in [3.8, 4) is 5.75 Å². The smallest absolute Gasteiger partial charge is 0.260 e. The number of hydrogen-bond donors (Lipinski definition) is 1. The molecule has 5 nitrogen and oxygen atoms in total. The zero-order valence-electron chi connectivity index (χ0n) is 16.4. The molecule has 0 radical (unpaired) electrons. The van der Waals surface area contributed by atoms with Gasteiger partial charge in [0, 0.05) is 12.6 Å². The Balaban J connectivity index is 1.73. The van der Waals surface area contributed by atoms with Crippen molar-refractivity contribution in [2.45, 2.75) is 26.4 Å². The molecule has 1 aromatic heterocycles. The fourth-order valence-corrected chi connectivity index (χ4v) is 3.00. The molecular formula is C23H25N3O2. The van der Waals surface area contributed by atoms with Gasteiger partial charge in [-0.25, -0.2) is 4.98 Å². The van der Waals surface area contributed by atoms with Gasteiger partial charge in [-0.15, -0.1) is 0 Å². The molecule has 0 saturated carbocycles. The molecule has 5 heteroatoms. The number of benzene rings is 2. The highest BCUT2D eigenvalue weighted by Crippen LogP contribution is 2.22. The van der Waals surface area contributed by atoms with Gasteiger partial charge >= 0.3 is 0 Å². The molecule has 0 aliphatic carbocycles. The van der Waals surface area contributed by atoms with Gasteiger partial charge in [-0.05, 0) is 43.7 Å². The molecule has 0 aliphatic heterocycles. The molecule has 1 heterocycles. The summed E-state index contributed by atoms with van der Waals surface area (Å²) in [5, 5.41) is 2.83. The van der Waals surface area contributed by atoms with Crippen LogP contribution < -0.4 is 15.0 Å². The van der Waals surface area contributed by atoms with Crippen LogP contribution in [0.3, 0.4) is 0 Å². The number of hydrogen-bond acceptors (Lipinski definition) is 4. The van der Waals surface area contributed by atoms with E-state index >= 15 is 0 Å². The summed E-state index contributed by atoms with van der Waals surface area (Å²) in [5.41, 5.74) is 2.72. The van der Waals surface area contributed by atoms with Crippen molar-refractivity contribution < 1.29 is 9.53 Å². The van der Waals surface area contributed by atoms with Crippen LogP contribution in [0, 0.1) is 0 Å². The summed E-state index contributed by atoms with van der Waals surface area (Å²) in [4.78, 5) is 19.2. The van der Waals surface area contributed by atoms with E-state index in [9.17, 15) is 4.79 Å². The number of nitrogens with one attached hydrogen (secondary N) is 1. The second kappa shape index (κ2) is 9.04. The van der Waals surface area contributed by atoms with Crippen LogP contribution in [0.1, 0.15) is 29.8 Å². The van der Waals surface area contributed by atoms with Crippen molar-refractivity contribution in [1.82, 2.24) is 4.98 Å². The molecule has 0 saturated heterocycles. The summed E-state index contributed by atoms with van der Waals surface area (Å²) < 4.78 is 5.25. The van der Waals surface area contributed by atoms with Gasteiger partial charge in [0.15, 0.2) is 0 Å². The van der Waals surface area contributed by atoms with Crippen LogP contribution in [0.2, 0.25) is 0 Å². The van der Waals surface area contributed by atoms with E-state index in [1.165, 1.54) is 5.56 Å². The second-order valence-electron chi connectivity index (χ2n) is 6.76. The van der Waals surface area contributed by atoms with Crippen molar-refractivity contribution in [2.24, 2.45) is 0 Å². The van der Waals surface area contributed by atoms with E-state index in [1.54, 1.807) is 31.5 Å². The van der Waals surface area contributed by atoms with Crippen LogP contribution >= 0.6 is 0 Å². The number of methoxy groups -OCH3 is 1. The molecule has 28 heavy (non-hydrogen) atoms. The molecule has 0 unspecified atom stereocenters. The Bertz CT molecular complexity index is 909. The quantitative estimate of drug-likeness (QED) is 0.647. The first-order valence-corrected chi connectivity index (χ1v) is 9.29. The van der Waals surface area contributed by atoms with Crippen LogP contribution in [-0.4, -0.2) is 24.0 Å². The van der Waals surface area contributed by atoms with E-state index in [0.717, 1.165) is 12.2 Å². The lowest BCUT2D eigenvalue weighted by Crippen LogP contribution is -2.30. The van der Waals surface area contributed by atoms with Crippen molar-refractivity contribution >= 4 is 17.4 Å². The van der Waals surface area contributed by atoms with Crippen molar-refractivity contribution in [3.63, 3.8) is 0 Å². The van der Waals surface area contributed by atoms with Gasteiger partial charge in [0.2, 0.25) is 0 Å². The lowest BCUT2D eigenvalue weighted by atomic mass is 10.1. The molecule has 3 aromatic rings. The Kier molecular flexibility index (Phi) is 6.27. The normalized spacial score (nSPS) is 10.6. The van der Waals surface area contributed by atoms with Gasteiger partial charge in [-0.2, -0.15) is 0 Å². The highest BCUT2D eigenvalue weighted by molar-refractivity contribution is 6.05. The molecule has 0 atom stereocenters. The maximum atomic E-state index is 12.5. The molecule has 0 bridgehead atoms. The largest absolute Gasteiger partial charge is 0.496 e. The molecule has 144 valence electrons. The average Bonchev–Trinajstić information content (AvgIpc) is 2.73. The Morgan fingerprint density at radius 3 is 2.39 bits per heavy atom. The molecule has 1 N–H and O–H groups in total. The monoisotopic (exact) mass is 375 g/mol.